The lowest BCUT2D eigenvalue weighted by Gasteiger charge is -2.14. The van der Waals surface area contributed by atoms with Crippen LogP contribution in [0.2, 0.25) is 0 Å². The van der Waals surface area contributed by atoms with Crippen molar-refractivity contribution < 1.29 is 17.9 Å². The molecule has 0 amide bonds. The topological polar surface area (TPSA) is 34.1 Å². The van der Waals surface area contributed by atoms with Gasteiger partial charge in [0.05, 0.1) is 13.0 Å². The molecule has 108 valence electrons. The molecule has 0 bridgehead atoms. The van der Waals surface area contributed by atoms with E-state index in [0.29, 0.717) is 12.3 Å². The Morgan fingerprint density at radius 1 is 1.37 bits per heavy atom. The van der Waals surface area contributed by atoms with E-state index in [0.717, 1.165) is 11.3 Å². The molecule has 0 fully saturated rings. The van der Waals surface area contributed by atoms with Gasteiger partial charge in [0.15, 0.2) is 0 Å². The van der Waals surface area contributed by atoms with Crippen molar-refractivity contribution in [2.45, 2.75) is 46.0 Å². The van der Waals surface area contributed by atoms with Gasteiger partial charge in [-0.25, -0.2) is 0 Å². The van der Waals surface area contributed by atoms with Crippen molar-refractivity contribution in [3.05, 3.63) is 23.5 Å². The minimum Gasteiger partial charge on any atom is -0.493 e. The van der Waals surface area contributed by atoms with Gasteiger partial charge in [-0.15, -0.1) is 0 Å². The Bertz CT molecular complexity index is 405. The van der Waals surface area contributed by atoms with Crippen LogP contribution in [-0.4, -0.2) is 23.8 Å². The summed E-state index contributed by atoms with van der Waals surface area (Å²) >= 11 is 0. The molecule has 3 nitrogen and oxygen atoms in total. The number of ether oxygens (including phenoxy) is 1. The maximum absolute atomic E-state index is 12.1. The molecule has 0 aliphatic heterocycles. The molecule has 0 radical (unpaired) electrons. The molecule has 1 N–H and O–H groups in total. The lowest BCUT2D eigenvalue weighted by molar-refractivity contribution is -0.139. The SMILES string of the molecule is Cc1cc(OCCC(F)(F)F)c(CNC(C)C)cn1. The predicted octanol–water partition coefficient (Wildman–Crippen LogP) is 3.22. The first kappa shape index (κ1) is 15.8. The Balaban J connectivity index is 2.66. The zero-order valence-electron chi connectivity index (χ0n) is 11.3. The number of aromatic nitrogens is 1. The fourth-order valence-electron chi connectivity index (χ4n) is 1.42. The van der Waals surface area contributed by atoms with Crippen molar-refractivity contribution in [3.63, 3.8) is 0 Å². The molecule has 0 unspecified atom stereocenters. The number of hydrogen-bond acceptors (Lipinski definition) is 3. The van der Waals surface area contributed by atoms with Gasteiger partial charge in [0.2, 0.25) is 0 Å². The Morgan fingerprint density at radius 3 is 2.63 bits per heavy atom. The molecule has 1 aromatic rings. The van der Waals surface area contributed by atoms with Crippen LogP contribution in [0.15, 0.2) is 12.3 Å². The summed E-state index contributed by atoms with van der Waals surface area (Å²) in [5.41, 5.74) is 1.48. The number of halogens is 3. The van der Waals surface area contributed by atoms with Crippen molar-refractivity contribution >= 4 is 0 Å². The van der Waals surface area contributed by atoms with Crippen molar-refractivity contribution in [2.75, 3.05) is 6.61 Å². The third-order valence-corrected chi connectivity index (χ3v) is 2.42. The van der Waals surface area contributed by atoms with Gasteiger partial charge >= 0.3 is 6.18 Å². The van der Waals surface area contributed by atoms with Crippen LogP contribution >= 0.6 is 0 Å². The minimum atomic E-state index is -4.20. The number of rotatable bonds is 6. The van der Waals surface area contributed by atoms with Gasteiger partial charge in [0.1, 0.15) is 5.75 Å². The first-order chi connectivity index (χ1) is 8.78. The zero-order chi connectivity index (χ0) is 14.5. The summed E-state index contributed by atoms with van der Waals surface area (Å²) in [5, 5.41) is 3.19. The first-order valence-electron chi connectivity index (χ1n) is 6.16. The van der Waals surface area contributed by atoms with E-state index in [4.69, 9.17) is 4.74 Å². The summed E-state index contributed by atoms with van der Waals surface area (Å²) < 4.78 is 41.5. The number of alkyl halides is 3. The van der Waals surface area contributed by atoms with E-state index >= 15 is 0 Å². The molecule has 0 spiro atoms. The third kappa shape index (κ3) is 6.42. The molecule has 1 aromatic heterocycles. The highest BCUT2D eigenvalue weighted by Gasteiger charge is 2.27. The van der Waals surface area contributed by atoms with Crippen LogP contribution in [0.3, 0.4) is 0 Å². The second kappa shape index (κ2) is 6.75. The molecule has 0 saturated heterocycles. The highest BCUT2D eigenvalue weighted by Crippen LogP contribution is 2.22. The minimum absolute atomic E-state index is 0.282. The van der Waals surface area contributed by atoms with Gasteiger partial charge in [-0.05, 0) is 6.92 Å². The van der Waals surface area contributed by atoms with Gasteiger partial charge in [0, 0.05) is 36.1 Å². The van der Waals surface area contributed by atoms with Crippen molar-refractivity contribution in [1.29, 1.82) is 0 Å². The molecule has 0 saturated carbocycles. The van der Waals surface area contributed by atoms with Crippen molar-refractivity contribution in [3.8, 4) is 5.75 Å². The third-order valence-electron chi connectivity index (χ3n) is 2.42. The Morgan fingerprint density at radius 2 is 2.05 bits per heavy atom. The zero-order valence-corrected chi connectivity index (χ0v) is 11.3. The molecule has 0 atom stereocenters. The van der Waals surface area contributed by atoms with Crippen molar-refractivity contribution in [1.82, 2.24) is 10.3 Å². The van der Waals surface area contributed by atoms with E-state index < -0.39 is 12.6 Å². The van der Waals surface area contributed by atoms with Crippen LogP contribution in [0.4, 0.5) is 13.2 Å². The molecular weight excluding hydrogens is 257 g/mol. The van der Waals surface area contributed by atoms with E-state index in [1.54, 1.807) is 19.2 Å². The van der Waals surface area contributed by atoms with E-state index in [9.17, 15) is 13.2 Å². The Kier molecular flexibility index (Phi) is 5.60. The van der Waals surface area contributed by atoms with Gasteiger partial charge < -0.3 is 10.1 Å². The molecule has 0 aliphatic rings. The molecule has 0 aliphatic carbocycles. The average Bonchev–Trinajstić information content (AvgIpc) is 2.26. The van der Waals surface area contributed by atoms with Crippen molar-refractivity contribution in [2.24, 2.45) is 0 Å². The summed E-state index contributed by atoms with van der Waals surface area (Å²) in [4.78, 5) is 4.13. The van der Waals surface area contributed by atoms with Crippen LogP contribution in [0, 0.1) is 6.92 Å². The van der Waals surface area contributed by atoms with Gasteiger partial charge in [0.25, 0.3) is 0 Å². The average molecular weight is 276 g/mol. The smallest absolute Gasteiger partial charge is 0.392 e. The summed E-state index contributed by atoms with van der Waals surface area (Å²) in [6.07, 6.45) is -3.52. The number of hydrogen-bond donors (Lipinski definition) is 1. The van der Waals surface area contributed by atoms with Gasteiger partial charge in [-0.3, -0.25) is 4.98 Å². The van der Waals surface area contributed by atoms with Crippen LogP contribution in [0.1, 0.15) is 31.5 Å². The molecule has 6 heteroatoms. The van der Waals surface area contributed by atoms with Crippen LogP contribution in [-0.2, 0) is 6.54 Å². The number of nitrogens with one attached hydrogen (secondary N) is 1. The first-order valence-corrected chi connectivity index (χ1v) is 6.16. The summed E-state index contributed by atoms with van der Waals surface area (Å²) in [7, 11) is 0. The Labute approximate surface area is 111 Å². The summed E-state index contributed by atoms with van der Waals surface area (Å²) in [6, 6.07) is 1.94. The van der Waals surface area contributed by atoms with Crippen LogP contribution in [0.25, 0.3) is 0 Å². The summed E-state index contributed by atoms with van der Waals surface area (Å²) in [6.45, 7) is 5.90. The maximum Gasteiger partial charge on any atom is 0.392 e. The monoisotopic (exact) mass is 276 g/mol. The molecular formula is C13H19F3N2O. The standard InChI is InChI=1S/C13H19F3N2O/c1-9(2)17-7-11-8-18-10(3)6-12(11)19-5-4-13(14,15)16/h6,8-9,17H,4-5,7H2,1-3H3. The highest BCUT2D eigenvalue weighted by atomic mass is 19.4. The number of nitrogens with zero attached hydrogens (tertiary/aromatic N) is 1. The lowest BCUT2D eigenvalue weighted by Crippen LogP contribution is -2.22. The quantitative estimate of drug-likeness (QED) is 0.866. The maximum atomic E-state index is 12.1. The second-order valence-corrected chi connectivity index (χ2v) is 4.68. The van der Waals surface area contributed by atoms with E-state index in [-0.39, 0.29) is 12.6 Å². The normalized spacial score (nSPS) is 11.9. The molecule has 1 heterocycles. The highest BCUT2D eigenvalue weighted by molar-refractivity contribution is 5.32. The van der Waals surface area contributed by atoms with Crippen LogP contribution < -0.4 is 10.1 Å². The Hall–Kier alpha value is -1.30. The van der Waals surface area contributed by atoms with E-state index in [1.165, 1.54) is 0 Å². The number of aryl methyl sites for hydroxylation is 1. The largest absolute Gasteiger partial charge is 0.493 e. The predicted molar refractivity (Wildman–Crippen MR) is 67.1 cm³/mol. The summed E-state index contributed by atoms with van der Waals surface area (Å²) in [5.74, 6) is 0.463. The second-order valence-electron chi connectivity index (χ2n) is 4.68. The lowest BCUT2D eigenvalue weighted by atomic mass is 10.2. The number of pyridine rings is 1. The molecule has 19 heavy (non-hydrogen) atoms. The van der Waals surface area contributed by atoms with Crippen LogP contribution in [0.5, 0.6) is 5.75 Å². The van der Waals surface area contributed by atoms with E-state index in [2.05, 4.69) is 10.3 Å². The molecule has 0 aromatic carbocycles. The van der Waals surface area contributed by atoms with E-state index in [1.807, 2.05) is 13.8 Å². The molecule has 1 rings (SSSR count). The van der Waals surface area contributed by atoms with Gasteiger partial charge in [-0.1, -0.05) is 13.8 Å². The fourth-order valence-corrected chi connectivity index (χ4v) is 1.42. The fraction of sp³-hybridized carbons (Fsp3) is 0.615. The van der Waals surface area contributed by atoms with Gasteiger partial charge in [-0.2, -0.15) is 13.2 Å².